The molecular formula is C40H36O10. The number of carbonyl (C=O) groups excluding carboxylic acids is 4. The normalized spacial score (nSPS) is 25.1. The minimum absolute atomic E-state index is 0.209. The molecule has 1 saturated heterocycles. The maximum absolute atomic E-state index is 13.8. The minimum atomic E-state index is -1.49. The largest absolute Gasteiger partial charge is 0.452 e. The summed E-state index contributed by atoms with van der Waals surface area (Å²) in [5, 5.41) is 0. The Morgan fingerprint density at radius 3 is 1.00 bits per heavy atom. The molecule has 4 aromatic rings. The van der Waals surface area contributed by atoms with Crippen LogP contribution in [0.4, 0.5) is 0 Å². The van der Waals surface area contributed by atoms with Gasteiger partial charge in [-0.15, -0.1) is 0 Å². The number of hydrogen-bond donors (Lipinski definition) is 0. The van der Waals surface area contributed by atoms with E-state index in [1.165, 1.54) is 0 Å². The van der Waals surface area contributed by atoms with Crippen LogP contribution in [0, 0.1) is 0 Å². The van der Waals surface area contributed by atoms with Crippen LogP contribution in [0.5, 0.6) is 0 Å². The standard InChI is InChI=1S/C40H36O10/c41-36(26-16-6-1-7-17-26)45-30-31(46-37(42)27-18-8-2-9-19-27)33(48-39(44)29-22-12-4-13-23-29)35-34(49-40(50-35)24-14-5-15-25-40)32(30)47-38(43)28-20-10-3-11-21-28/h1-4,6-13,16-23,30-35H,5,14-15,24-25H2/t30-,31+,32+,33-,34-,35+. The zero-order chi connectivity index (χ0) is 34.5. The Labute approximate surface area is 289 Å². The summed E-state index contributed by atoms with van der Waals surface area (Å²) in [5.41, 5.74) is 0.917. The van der Waals surface area contributed by atoms with E-state index in [0.717, 1.165) is 19.3 Å². The second-order valence-corrected chi connectivity index (χ2v) is 12.6. The third-order valence-electron chi connectivity index (χ3n) is 9.27. The molecule has 1 heterocycles. The van der Waals surface area contributed by atoms with Crippen LogP contribution in [0.1, 0.15) is 73.5 Å². The number of benzene rings is 4. The molecule has 0 unspecified atom stereocenters. The van der Waals surface area contributed by atoms with Gasteiger partial charge >= 0.3 is 23.9 Å². The summed E-state index contributed by atoms with van der Waals surface area (Å²) in [6, 6.07) is 33.2. The van der Waals surface area contributed by atoms with Crippen molar-refractivity contribution in [2.24, 2.45) is 0 Å². The predicted octanol–water partition coefficient (Wildman–Crippen LogP) is 6.35. The van der Waals surface area contributed by atoms with Crippen LogP contribution >= 0.6 is 0 Å². The van der Waals surface area contributed by atoms with E-state index < -0.39 is 66.3 Å². The third kappa shape index (κ3) is 7.03. The highest BCUT2D eigenvalue weighted by Crippen LogP contribution is 2.47. The van der Waals surface area contributed by atoms with Gasteiger partial charge in [-0.25, -0.2) is 19.2 Å². The highest BCUT2D eigenvalue weighted by Gasteiger charge is 2.65. The van der Waals surface area contributed by atoms with Gasteiger partial charge in [0.05, 0.1) is 22.3 Å². The summed E-state index contributed by atoms with van der Waals surface area (Å²) in [5.74, 6) is -4.04. The third-order valence-corrected chi connectivity index (χ3v) is 9.27. The molecule has 3 fully saturated rings. The van der Waals surface area contributed by atoms with Gasteiger partial charge in [-0.3, -0.25) is 0 Å². The zero-order valence-corrected chi connectivity index (χ0v) is 27.1. The molecule has 0 radical (unpaired) electrons. The number of ether oxygens (including phenoxy) is 6. The van der Waals surface area contributed by atoms with Gasteiger partial charge < -0.3 is 28.4 Å². The van der Waals surface area contributed by atoms with Crippen molar-refractivity contribution in [3.05, 3.63) is 144 Å². The molecule has 0 bridgehead atoms. The molecule has 50 heavy (non-hydrogen) atoms. The van der Waals surface area contributed by atoms with Crippen LogP contribution in [-0.4, -0.2) is 66.3 Å². The fourth-order valence-corrected chi connectivity index (χ4v) is 6.84. The van der Waals surface area contributed by atoms with Gasteiger partial charge in [0, 0.05) is 12.8 Å². The Morgan fingerprint density at radius 1 is 0.420 bits per heavy atom. The predicted molar refractivity (Wildman–Crippen MR) is 178 cm³/mol. The van der Waals surface area contributed by atoms with Crippen molar-refractivity contribution >= 4 is 23.9 Å². The molecule has 256 valence electrons. The van der Waals surface area contributed by atoms with Crippen LogP contribution in [0.25, 0.3) is 0 Å². The molecule has 0 aromatic heterocycles. The topological polar surface area (TPSA) is 124 Å². The molecular weight excluding hydrogens is 640 g/mol. The fraction of sp³-hybridized carbons (Fsp3) is 0.300. The lowest BCUT2D eigenvalue weighted by molar-refractivity contribution is -0.203. The molecule has 3 aliphatic rings. The summed E-state index contributed by atoms with van der Waals surface area (Å²) >= 11 is 0. The van der Waals surface area contributed by atoms with Crippen molar-refractivity contribution in [3.8, 4) is 0 Å². The summed E-state index contributed by atoms with van der Waals surface area (Å²) in [7, 11) is 0. The monoisotopic (exact) mass is 676 g/mol. The first-order chi connectivity index (χ1) is 24.4. The smallest absolute Gasteiger partial charge is 0.338 e. The lowest BCUT2D eigenvalue weighted by atomic mass is 9.84. The maximum atomic E-state index is 13.8. The van der Waals surface area contributed by atoms with Gasteiger partial charge in [-0.05, 0) is 61.4 Å². The molecule has 1 aliphatic heterocycles. The second kappa shape index (κ2) is 14.7. The molecule has 10 nitrogen and oxygen atoms in total. The van der Waals surface area contributed by atoms with Crippen LogP contribution in [0.15, 0.2) is 121 Å². The highest BCUT2D eigenvalue weighted by molar-refractivity contribution is 5.92. The average molecular weight is 677 g/mol. The van der Waals surface area contributed by atoms with Crippen LogP contribution < -0.4 is 0 Å². The quantitative estimate of drug-likeness (QED) is 0.154. The Kier molecular flexibility index (Phi) is 9.73. The number of hydrogen-bond acceptors (Lipinski definition) is 10. The Balaban J connectivity index is 1.34. The summed E-state index contributed by atoms with van der Waals surface area (Å²) in [4.78, 5) is 55.0. The summed E-state index contributed by atoms with van der Waals surface area (Å²) in [6.07, 6.45) is -4.04. The van der Waals surface area contributed by atoms with Gasteiger partial charge in [-0.1, -0.05) is 79.2 Å². The molecule has 1 spiro atoms. The van der Waals surface area contributed by atoms with Crippen LogP contribution in [0.3, 0.4) is 0 Å². The molecule has 4 aromatic carbocycles. The number of rotatable bonds is 8. The Morgan fingerprint density at radius 2 is 0.700 bits per heavy atom. The van der Waals surface area contributed by atoms with Gasteiger partial charge in [0.15, 0.2) is 30.2 Å². The molecule has 2 saturated carbocycles. The summed E-state index contributed by atoms with van der Waals surface area (Å²) in [6.45, 7) is 0. The van der Waals surface area contributed by atoms with E-state index in [0.29, 0.717) is 12.8 Å². The van der Waals surface area contributed by atoms with Crippen molar-refractivity contribution in [3.63, 3.8) is 0 Å². The van der Waals surface area contributed by atoms with E-state index in [9.17, 15) is 19.2 Å². The van der Waals surface area contributed by atoms with E-state index in [-0.39, 0.29) is 22.3 Å². The average Bonchev–Trinajstić information content (AvgIpc) is 3.53. The highest BCUT2D eigenvalue weighted by atomic mass is 16.8. The Bertz CT molecular complexity index is 1660. The first kappa shape index (κ1) is 33.2. The van der Waals surface area contributed by atoms with E-state index in [1.54, 1.807) is 121 Å². The lowest BCUT2D eigenvalue weighted by Gasteiger charge is -2.44. The summed E-state index contributed by atoms with van der Waals surface area (Å²) < 4.78 is 38.1. The first-order valence-corrected chi connectivity index (χ1v) is 16.8. The molecule has 0 N–H and O–H groups in total. The number of fused-ring (bicyclic) bond motifs is 1. The molecule has 6 atom stereocenters. The maximum Gasteiger partial charge on any atom is 0.338 e. The lowest BCUT2D eigenvalue weighted by Crippen LogP contribution is -2.66. The van der Waals surface area contributed by atoms with Crippen LogP contribution in [0.2, 0.25) is 0 Å². The van der Waals surface area contributed by atoms with Crippen molar-refractivity contribution < 1.29 is 47.6 Å². The fourth-order valence-electron chi connectivity index (χ4n) is 6.84. The van der Waals surface area contributed by atoms with E-state index >= 15 is 0 Å². The van der Waals surface area contributed by atoms with Gasteiger partial charge in [-0.2, -0.15) is 0 Å². The molecule has 7 rings (SSSR count). The van der Waals surface area contributed by atoms with Crippen molar-refractivity contribution in [2.75, 3.05) is 0 Å². The van der Waals surface area contributed by atoms with Gasteiger partial charge in [0.2, 0.25) is 0 Å². The van der Waals surface area contributed by atoms with E-state index in [2.05, 4.69) is 0 Å². The van der Waals surface area contributed by atoms with E-state index in [1.807, 2.05) is 0 Å². The molecule has 10 heteroatoms. The first-order valence-electron chi connectivity index (χ1n) is 16.8. The molecule has 2 aliphatic carbocycles. The van der Waals surface area contributed by atoms with Crippen LogP contribution in [-0.2, 0) is 28.4 Å². The molecule has 0 amide bonds. The van der Waals surface area contributed by atoms with Crippen molar-refractivity contribution in [2.45, 2.75) is 74.5 Å². The van der Waals surface area contributed by atoms with Gasteiger partial charge in [0.25, 0.3) is 0 Å². The zero-order valence-electron chi connectivity index (χ0n) is 27.1. The van der Waals surface area contributed by atoms with Crippen molar-refractivity contribution in [1.29, 1.82) is 0 Å². The minimum Gasteiger partial charge on any atom is -0.452 e. The Hall–Kier alpha value is -5.32. The van der Waals surface area contributed by atoms with Crippen molar-refractivity contribution in [1.82, 2.24) is 0 Å². The SMILES string of the molecule is O=C(O[C@@H]1[C@H](OC(=O)c2ccccc2)[C@@H](OC(=O)c2ccccc2)[C@@H]2OC3(CCCCC3)O[C@@H]2[C@H]1OC(=O)c1ccccc1)c1ccccc1. The second-order valence-electron chi connectivity index (χ2n) is 12.6. The number of carbonyl (C=O) groups is 4. The number of esters is 4. The van der Waals surface area contributed by atoms with Gasteiger partial charge in [0.1, 0.15) is 12.2 Å². The van der Waals surface area contributed by atoms with E-state index in [4.69, 9.17) is 28.4 Å².